The Morgan fingerprint density at radius 3 is 2.44 bits per heavy atom. The maximum Gasteiger partial charge on any atom is 2.00 e. The van der Waals surface area contributed by atoms with Crippen LogP contribution in [0.1, 0.15) is 38.1 Å². The maximum absolute atomic E-state index is 8.21. The number of fused-ring (bicyclic) bond motifs is 3. The second kappa shape index (κ2) is 11.7. The molecule has 0 bridgehead atoms. The summed E-state index contributed by atoms with van der Waals surface area (Å²) in [6.45, 7) is 8.51. The van der Waals surface area contributed by atoms with E-state index in [0.29, 0.717) is 29.3 Å². The molecular formula is C37H30N4OPt. The quantitative estimate of drug-likeness (QED) is 0.160. The first-order chi connectivity index (χ1) is 20.9. The van der Waals surface area contributed by atoms with Crippen molar-refractivity contribution in [3.8, 4) is 34.1 Å². The molecule has 0 aliphatic carbocycles. The molecule has 0 fully saturated rings. The number of rotatable bonds is 6. The first kappa shape index (κ1) is 27.4. The van der Waals surface area contributed by atoms with Crippen LogP contribution in [0.25, 0.3) is 44.4 Å². The van der Waals surface area contributed by atoms with Gasteiger partial charge >= 0.3 is 21.1 Å². The Labute approximate surface area is 267 Å². The number of aryl methyl sites for hydroxylation is 1. The Bertz CT molecular complexity index is 2130. The zero-order valence-corrected chi connectivity index (χ0v) is 26.6. The van der Waals surface area contributed by atoms with Crippen molar-refractivity contribution in [1.82, 2.24) is 19.3 Å². The van der Waals surface area contributed by atoms with Crippen molar-refractivity contribution in [3.63, 3.8) is 0 Å². The van der Waals surface area contributed by atoms with Gasteiger partial charge in [-0.05, 0) is 60.2 Å². The minimum absolute atomic E-state index is 0. The van der Waals surface area contributed by atoms with Crippen molar-refractivity contribution < 1.29 is 27.2 Å². The number of hydrogen-bond donors (Lipinski definition) is 0. The first-order valence-corrected chi connectivity index (χ1v) is 14.1. The molecule has 0 saturated carbocycles. The predicted octanol–water partition coefficient (Wildman–Crippen LogP) is 9.16. The molecule has 3 aromatic heterocycles. The van der Waals surface area contributed by atoms with Gasteiger partial charge < -0.3 is 9.30 Å². The van der Waals surface area contributed by atoms with Crippen LogP contribution in [0.4, 0.5) is 0 Å². The SMILES string of the molecule is [2H]c1ccnc(-n2c3[c-]c(Oc4[c-]c(-n5nc(C)c(-c6ccccc6)c5C)ccc4)ccc3c3cc(C(C)C)ccc32)c1.[Pt+2]. The van der Waals surface area contributed by atoms with Crippen LogP contribution in [0.3, 0.4) is 0 Å². The predicted molar refractivity (Wildman–Crippen MR) is 169 cm³/mol. The summed E-state index contributed by atoms with van der Waals surface area (Å²) in [6.07, 6.45) is 1.67. The van der Waals surface area contributed by atoms with Crippen molar-refractivity contribution in [2.24, 2.45) is 0 Å². The van der Waals surface area contributed by atoms with E-state index in [9.17, 15) is 0 Å². The summed E-state index contributed by atoms with van der Waals surface area (Å²) < 4.78 is 18.5. The van der Waals surface area contributed by atoms with Gasteiger partial charge in [0.05, 0.1) is 7.06 Å². The minimum Gasteiger partial charge on any atom is -0.509 e. The van der Waals surface area contributed by atoms with Crippen LogP contribution in [0.5, 0.6) is 11.5 Å². The average Bonchev–Trinajstić information content (AvgIpc) is 3.49. The number of pyridine rings is 1. The second-order valence-electron chi connectivity index (χ2n) is 10.8. The molecule has 0 aliphatic heterocycles. The molecule has 5 nitrogen and oxygen atoms in total. The number of nitrogens with zero attached hydrogens (tertiary/aromatic N) is 4. The molecule has 7 aromatic rings. The van der Waals surface area contributed by atoms with Crippen LogP contribution in [0.15, 0.2) is 103 Å². The van der Waals surface area contributed by atoms with Gasteiger partial charge in [0.25, 0.3) is 0 Å². The van der Waals surface area contributed by atoms with Crippen molar-refractivity contribution >= 4 is 21.8 Å². The van der Waals surface area contributed by atoms with Crippen LogP contribution in [-0.2, 0) is 21.1 Å². The van der Waals surface area contributed by atoms with Gasteiger partial charge in [-0.2, -0.15) is 17.2 Å². The summed E-state index contributed by atoms with van der Waals surface area (Å²) in [7, 11) is 0. The summed E-state index contributed by atoms with van der Waals surface area (Å²) in [5.41, 5.74) is 8.18. The second-order valence-corrected chi connectivity index (χ2v) is 10.8. The molecule has 0 atom stereocenters. The van der Waals surface area contributed by atoms with Gasteiger partial charge in [0, 0.05) is 34.5 Å². The Hall–Kier alpha value is -4.47. The fourth-order valence-electron chi connectivity index (χ4n) is 5.68. The fourth-order valence-corrected chi connectivity index (χ4v) is 5.68. The van der Waals surface area contributed by atoms with Gasteiger partial charge in [-0.3, -0.25) is 4.68 Å². The van der Waals surface area contributed by atoms with Crippen LogP contribution < -0.4 is 4.74 Å². The summed E-state index contributed by atoms with van der Waals surface area (Å²) in [4.78, 5) is 4.60. The molecule has 43 heavy (non-hydrogen) atoms. The van der Waals surface area contributed by atoms with E-state index in [2.05, 4.69) is 78.9 Å². The summed E-state index contributed by atoms with van der Waals surface area (Å²) >= 11 is 0. The molecule has 7 rings (SSSR count). The van der Waals surface area contributed by atoms with Crippen LogP contribution >= 0.6 is 0 Å². The van der Waals surface area contributed by atoms with E-state index in [0.717, 1.165) is 50.0 Å². The zero-order chi connectivity index (χ0) is 29.7. The van der Waals surface area contributed by atoms with E-state index < -0.39 is 0 Å². The number of benzene rings is 4. The number of aromatic nitrogens is 4. The fraction of sp³-hybridized carbons (Fsp3) is 0.135. The molecule has 214 valence electrons. The normalized spacial score (nSPS) is 11.6. The average molecular weight is 743 g/mol. The van der Waals surface area contributed by atoms with E-state index in [1.54, 1.807) is 18.3 Å². The molecule has 6 heteroatoms. The van der Waals surface area contributed by atoms with Crippen molar-refractivity contribution in [1.29, 1.82) is 0 Å². The molecule has 0 N–H and O–H groups in total. The van der Waals surface area contributed by atoms with Crippen LogP contribution in [0.2, 0.25) is 0 Å². The Morgan fingerprint density at radius 2 is 1.65 bits per heavy atom. The van der Waals surface area contributed by atoms with Gasteiger partial charge in [-0.1, -0.05) is 67.9 Å². The largest absolute Gasteiger partial charge is 2.00 e. The van der Waals surface area contributed by atoms with Crippen molar-refractivity contribution in [2.45, 2.75) is 33.6 Å². The topological polar surface area (TPSA) is 44.9 Å². The number of ether oxygens (including phenoxy) is 1. The van der Waals surface area contributed by atoms with E-state index in [1.165, 1.54) is 5.56 Å². The molecule has 0 aliphatic rings. The Balaban J connectivity index is 0.00000343. The van der Waals surface area contributed by atoms with E-state index in [4.69, 9.17) is 11.2 Å². The molecule has 0 unspecified atom stereocenters. The van der Waals surface area contributed by atoms with Crippen molar-refractivity contribution in [3.05, 3.63) is 132 Å². The Kier molecular flexibility index (Phi) is 7.42. The summed E-state index contributed by atoms with van der Waals surface area (Å²) in [6, 6.07) is 37.5. The van der Waals surface area contributed by atoms with Gasteiger partial charge in [-0.25, -0.2) is 4.98 Å². The smallest absolute Gasteiger partial charge is 0.509 e. The van der Waals surface area contributed by atoms with Crippen LogP contribution in [-0.4, -0.2) is 19.3 Å². The molecule has 0 saturated heterocycles. The molecule has 0 amide bonds. The van der Waals surface area contributed by atoms with E-state index >= 15 is 0 Å². The standard InChI is InChI=1S/C37H30N4O.Pt/c1-24(2)28-16-19-34-33(21-28)32-18-17-31(23-35(32)40(34)36-15-8-9-20-38-36)42-30-14-10-13-29(22-30)41-26(4)37(25(3)39-41)27-11-6-5-7-12-27;/h5-21,24H,1-4H3;/q-2;+2/i8D;. The third-order valence-electron chi connectivity index (χ3n) is 7.71. The van der Waals surface area contributed by atoms with Gasteiger partial charge in [0.1, 0.15) is 5.82 Å². The third kappa shape index (κ3) is 5.19. The molecule has 4 aromatic carbocycles. The molecule has 0 spiro atoms. The summed E-state index contributed by atoms with van der Waals surface area (Å²) in [5, 5.41) is 7.01. The van der Waals surface area contributed by atoms with Gasteiger partial charge in [0.15, 0.2) is 0 Å². The van der Waals surface area contributed by atoms with Crippen molar-refractivity contribution in [2.75, 3.05) is 0 Å². The maximum atomic E-state index is 8.21. The van der Waals surface area contributed by atoms with Crippen LogP contribution in [0, 0.1) is 26.0 Å². The molecular weight excluding hydrogens is 712 g/mol. The van der Waals surface area contributed by atoms with E-state index in [-0.39, 0.29) is 21.1 Å². The van der Waals surface area contributed by atoms with E-state index in [1.807, 2.05) is 54.1 Å². The monoisotopic (exact) mass is 742 g/mol. The Morgan fingerprint density at radius 1 is 0.837 bits per heavy atom. The minimum atomic E-state index is 0. The third-order valence-corrected chi connectivity index (χ3v) is 7.71. The van der Waals surface area contributed by atoms with Gasteiger partial charge in [-0.15, -0.1) is 35.7 Å². The zero-order valence-electron chi connectivity index (χ0n) is 25.3. The van der Waals surface area contributed by atoms with Gasteiger partial charge in [0.2, 0.25) is 0 Å². The number of hydrogen-bond acceptors (Lipinski definition) is 3. The first-order valence-electron chi connectivity index (χ1n) is 14.6. The molecule has 3 heterocycles. The molecule has 0 radical (unpaired) electrons. The summed E-state index contributed by atoms with van der Waals surface area (Å²) in [5.74, 6) is 2.20.